The van der Waals surface area contributed by atoms with Crippen LogP contribution in [0, 0.1) is 6.92 Å². The molecule has 0 saturated carbocycles. The maximum absolute atomic E-state index is 11.9. The maximum Gasteiger partial charge on any atom is 0.417 e. The van der Waals surface area contributed by atoms with Crippen molar-refractivity contribution in [3.63, 3.8) is 0 Å². The first-order valence-corrected chi connectivity index (χ1v) is 6.66. The van der Waals surface area contributed by atoms with Gasteiger partial charge in [0.15, 0.2) is 0 Å². The number of esters is 1. The molecule has 0 aliphatic heterocycles. The van der Waals surface area contributed by atoms with Gasteiger partial charge in [-0.25, -0.2) is 9.59 Å². The Morgan fingerprint density at radius 2 is 1.79 bits per heavy atom. The van der Waals surface area contributed by atoms with Gasteiger partial charge in [0.25, 0.3) is 0 Å². The molecular formula is C15H21NO3. The topological polar surface area (TPSA) is 46.6 Å². The van der Waals surface area contributed by atoms with E-state index >= 15 is 0 Å². The first kappa shape index (κ1) is 15.2. The third-order valence-electron chi connectivity index (χ3n) is 2.68. The third kappa shape index (κ3) is 4.73. The second-order valence-electron chi connectivity index (χ2n) is 4.51. The van der Waals surface area contributed by atoms with E-state index in [9.17, 15) is 9.59 Å². The van der Waals surface area contributed by atoms with Crippen molar-refractivity contribution in [1.82, 2.24) is 4.90 Å². The molecule has 0 aromatic heterocycles. The van der Waals surface area contributed by atoms with Crippen molar-refractivity contribution in [3.05, 3.63) is 35.4 Å². The molecule has 19 heavy (non-hydrogen) atoms. The molecule has 0 saturated heterocycles. The summed E-state index contributed by atoms with van der Waals surface area (Å²) in [7, 11) is 0. The van der Waals surface area contributed by atoms with Crippen molar-refractivity contribution in [3.8, 4) is 0 Å². The average molecular weight is 263 g/mol. The molecule has 0 radical (unpaired) electrons. The van der Waals surface area contributed by atoms with E-state index in [1.807, 2.05) is 26.8 Å². The summed E-state index contributed by atoms with van der Waals surface area (Å²) < 4.78 is 4.91. The number of nitrogens with zero attached hydrogens (tertiary/aromatic N) is 1. The normalized spacial score (nSPS) is 10.1. The zero-order valence-corrected chi connectivity index (χ0v) is 11.8. The van der Waals surface area contributed by atoms with Gasteiger partial charge in [-0.15, -0.1) is 0 Å². The fourth-order valence-corrected chi connectivity index (χ4v) is 1.81. The lowest BCUT2D eigenvalue weighted by Gasteiger charge is -2.19. The predicted molar refractivity (Wildman–Crippen MR) is 74.1 cm³/mol. The zero-order valence-electron chi connectivity index (χ0n) is 11.8. The first-order valence-electron chi connectivity index (χ1n) is 6.66. The van der Waals surface area contributed by atoms with Crippen LogP contribution in [0.1, 0.15) is 42.6 Å². The summed E-state index contributed by atoms with van der Waals surface area (Å²) in [4.78, 5) is 25.3. The van der Waals surface area contributed by atoms with Gasteiger partial charge in [-0.1, -0.05) is 31.5 Å². The van der Waals surface area contributed by atoms with Crippen molar-refractivity contribution in [1.29, 1.82) is 0 Å². The second-order valence-corrected chi connectivity index (χ2v) is 4.51. The Morgan fingerprint density at radius 1 is 1.16 bits per heavy atom. The second kappa shape index (κ2) is 7.56. The monoisotopic (exact) mass is 263 g/mol. The number of carbonyl (C=O) groups is 2. The minimum absolute atomic E-state index is 0.404. The lowest BCUT2D eigenvalue weighted by molar-refractivity contribution is 0.0541. The number of benzene rings is 1. The van der Waals surface area contributed by atoms with Gasteiger partial charge >= 0.3 is 12.1 Å². The summed E-state index contributed by atoms with van der Waals surface area (Å²) in [6.07, 6.45) is 1.12. The molecule has 0 unspecified atom stereocenters. The minimum Gasteiger partial charge on any atom is -0.372 e. The minimum atomic E-state index is -0.592. The summed E-state index contributed by atoms with van der Waals surface area (Å²) in [6.45, 7) is 7.07. The van der Waals surface area contributed by atoms with Crippen LogP contribution in [-0.4, -0.2) is 30.1 Å². The summed E-state index contributed by atoms with van der Waals surface area (Å²) in [5, 5.41) is 0. The largest absolute Gasteiger partial charge is 0.417 e. The summed E-state index contributed by atoms with van der Waals surface area (Å²) in [6, 6.07) is 7.01. The van der Waals surface area contributed by atoms with Crippen molar-refractivity contribution >= 4 is 12.1 Å². The molecule has 0 fully saturated rings. The van der Waals surface area contributed by atoms with Crippen molar-refractivity contribution in [2.45, 2.75) is 33.6 Å². The van der Waals surface area contributed by atoms with Gasteiger partial charge in [0, 0.05) is 13.1 Å². The van der Waals surface area contributed by atoms with Crippen LogP contribution in [0.15, 0.2) is 24.3 Å². The molecule has 104 valence electrons. The molecule has 0 N–H and O–H groups in total. The summed E-state index contributed by atoms with van der Waals surface area (Å²) in [5.74, 6) is -0.592. The van der Waals surface area contributed by atoms with E-state index < -0.39 is 12.1 Å². The number of aryl methyl sites for hydroxylation is 1. The van der Waals surface area contributed by atoms with Crippen LogP contribution in [-0.2, 0) is 4.74 Å². The van der Waals surface area contributed by atoms with Gasteiger partial charge in [0.05, 0.1) is 5.56 Å². The van der Waals surface area contributed by atoms with Gasteiger partial charge < -0.3 is 9.64 Å². The number of amides is 1. The van der Waals surface area contributed by atoms with E-state index in [2.05, 4.69) is 0 Å². The number of hydrogen-bond donors (Lipinski definition) is 0. The third-order valence-corrected chi connectivity index (χ3v) is 2.68. The molecule has 1 amide bonds. The van der Waals surface area contributed by atoms with E-state index in [-0.39, 0.29) is 0 Å². The SMILES string of the molecule is CCCN(CCC)C(=O)OC(=O)c1cccc(C)c1. The number of rotatable bonds is 5. The van der Waals surface area contributed by atoms with Crippen LogP contribution in [0.25, 0.3) is 0 Å². The highest BCUT2D eigenvalue weighted by Crippen LogP contribution is 2.07. The van der Waals surface area contributed by atoms with Gasteiger partial charge in [-0.3, -0.25) is 0 Å². The Kier molecular flexibility index (Phi) is 6.06. The first-order chi connectivity index (χ1) is 9.08. The average Bonchev–Trinajstić information content (AvgIpc) is 2.38. The lowest BCUT2D eigenvalue weighted by atomic mass is 10.1. The molecule has 0 aliphatic carbocycles. The molecular weight excluding hydrogens is 242 g/mol. The fourth-order valence-electron chi connectivity index (χ4n) is 1.81. The van der Waals surface area contributed by atoms with E-state index in [0.717, 1.165) is 18.4 Å². The van der Waals surface area contributed by atoms with Gasteiger partial charge in [0.1, 0.15) is 0 Å². The maximum atomic E-state index is 11.9. The van der Waals surface area contributed by atoms with Crippen LogP contribution in [0.2, 0.25) is 0 Å². The quantitative estimate of drug-likeness (QED) is 0.604. The smallest absolute Gasteiger partial charge is 0.372 e. The molecule has 0 aliphatic rings. The van der Waals surface area contributed by atoms with Crippen molar-refractivity contribution < 1.29 is 14.3 Å². The fraction of sp³-hybridized carbons (Fsp3) is 0.467. The molecule has 0 spiro atoms. The Balaban J connectivity index is 2.67. The van der Waals surface area contributed by atoms with Gasteiger partial charge in [-0.05, 0) is 31.9 Å². The predicted octanol–water partition coefficient (Wildman–Crippen LogP) is 3.39. The van der Waals surface area contributed by atoms with Crippen LogP contribution in [0.3, 0.4) is 0 Å². The summed E-state index contributed by atoms with van der Waals surface area (Å²) in [5.41, 5.74) is 1.36. The number of ether oxygens (including phenoxy) is 1. The molecule has 0 atom stereocenters. The van der Waals surface area contributed by atoms with Crippen molar-refractivity contribution in [2.24, 2.45) is 0 Å². The standard InChI is InChI=1S/C15H21NO3/c1-4-9-16(10-5-2)15(18)19-14(17)13-8-6-7-12(3)11-13/h6-8,11H,4-5,9-10H2,1-3H3. The van der Waals surface area contributed by atoms with Crippen LogP contribution >= 0.6 is 0 Å². The molecule has 4 heteroatoms. The zero-order chi connectivity index (χ0) is 14.3. The highest BCUT2D eigenvalue weighted by molar-refractivity contribution is 5.96. The highest BCUT2D eigenvalue weighted by Gasteiger charge is 2.18. The molecule has 0 bridgehead atoms. The number of hydrogen-bond acceptors (Lipinski definition) is 3. The van der Waals surface area contributed by atoms with E-state index in [1.165, 1.54) is 0 Å². The lowest BCUT2D eigenvalue weighted by Crippen LogP contribution is -2.34. The van der Waals surface area contributed by atoms with Gasteiger partial charge in [0.2, 0.25) is 0 Å². The van der Waals surface area contributed by atoms with Gasteiger partial charge in [-0.2, -0.15) is 0 Å². The molecule has 1 aromatic carbocycles. The molecule has 1 rings (SSSR count). The highest BCUT2D eigenvalue weighted by atomic mass is 16.6. The Morgan fingerprint density at radius 3 is 2.32 bits per heavy atom. The van der Waals surface area contributed by atoms with E-state index in [4.69, 9.17) is 4.74 Å². The van der Waals surface area contributed by atoms with E-state index in [1.54, 1.807) is 23.1 Å². The molecule has 4 nitrogen and oxygen atoms in total. The summed E-state index contributed by atoms with van der Waals surface area (Å²) >= 11 is 0. The van der Waals surface area contributed by atoms with E-state index in [0.29, 0.717) is 18.7 Å². The Labute approximate surface area is 114 Å². The van der Waals surface area contributed by atoms with Crippen molar-refractivity contribution in [2.75, 3.05) is 13.1 Å². The number of carbonyl (C=O) groups excluding carboxylic acids is 2. The Bertz CT molecular complexity index is 437. The molecule has 1 aromatic rings. The van der Waals surface area contributed by atoms with Crippen LogP contribution in [0.4, 0.5) is 4.79 Å². The Hall–Kier alpha value is -1.84. The molecule has 0 heterocycles. The van der Waals surface area contributed by atoms with Crippen LogP contribution in [0.5, 0.6) is 0 Å². The van der Waals surface area contributed by atoms with Crippen LogP contribution < -0.4 is 0 Å².